The minimum Gasteiger partial charge on any atom is -0.497 e. The normalized spacial score (nSPS) is 23.5. The van der Waals surface area contributed by atoms with Gasteiger partial charge in [-0.1, -0.05) is 34.1 Å². The van der Waals surface area contributed by atoms with Gasteiger partial charge in [0.2, 0.25) is 5.60 Å². The van der Waals surface area contributed by atoms with E-state index in [4.69, 9.17) is 9.47 Å². The molecule has 2 heterocycles. The molecule has 27 heavy (non-hydrogen) atoms. The van der Waals surface area contributed by atoms with Crippen LogP contribution in [0.1, 0.15) is 23.5 Å². The van der Waals surface area contributed by atoms with Crippen molar-refractivity contribution < 1.29 is 19.1 Å². The van der Waals surface area contributed by atoms with E-state index >= 15 is 0 Å². The van der Waals surface area contributed by atoms with Gasteiger partial charge in [-0.2, -0.15) is 0 Å². The summed E-state index contributed by atoms with van der Waals surface area (Å²) in [4.78, 5) is 27.5. The van der Waals surface area contributed by atoms with Crippen LogP contribution < -0.4 is 9.64 Å². The molecule has 0 aromatic heterocycles. The molecule has 4 rings (SSSR count). The summed E-state index contributed by atoms with van der Waals surface area (Å²) in [6.45, 7) is 4.10. The summed E-state index contributed by atoms with van der Waals surface area (Å²) in [6.07, 6.45) is 1.81. The quantitative estimate of drug-likeness (QED) is 0.548. The zero-order valence-electron chi connectivity index (χ0n) is 14.8. The average Bonchev–Trinajstić information content (AvgIpc) is 3.13. The number of anilines is 1. The van der Waals surface area contributed by atoms with Gasteiger partial charge < -0.3 is 14.4 Å². The Labute approximate surface area is 165 Å². The Kier molecular flexibility index (Phi) is 4.30. The molecular weight excluding hydrogens is 410 g/mol. The first kappa shape index (κ1) is 17.8. The van der Waals surface area contributed by atoms with E-state index in [1.807, 2.05) is 42.5 Å². The molecule has 1 spiro atoms. The monoisotopic (exact) mass is 427 g/mol. The molecule has 2 aliphatic rings. The minimum absolute atomic E-state index is 0.145. The van der Waals surface area contributed by atoms with Gasteiger partial charge in [0.05, 0.1) is 19.2 Å². The van der Waals surface area contributed by atoms with Crippen molar-refractivity contribution in [2.45, 2.75) is 17.9 Å². The van der Waals surface area contributed by atoms with Crippen LogP contribution in [0.4, 0.5) is 5.69 Å². The third-order valence-electron chi connectivity index (χ3n) is 5.18. The van der Waals surface area contributed by atoms with E-state index < -0.39 is 11.5 Å². The Morgan fingerprint density at radius 1 is 1.30 bits per heavy atom. The highest BCUT2D eigenvalue weighted by atomic mass is 79.9. The molecule has 2 aromatic carbocycles. The predicted octanol–water partition coefficient (Wildman–Crippen LogP) is 3.92. The van der Waals surface area contributed by atoms with Gasteiger partial charge in [-0.15, -0.1) is 6.58 Å². The SMILES string of the molecule is C=CCN1C(=O)[C@@]2(OC(=O)C[C@H]2c2ccc(OC)cc2)c2cc(Br)ccc21. The van der Waals surface area contributed by atoms with Gasteiger partial charge in [0.15, 0.2) is 0 Å². The molecule has 0 saturated carbocycles. The fourth-order valence-electron chi connectivity index (χ4n) is 4.00. The third kappa shape index (κ3) is 2.58. The van der Waals surface area contributed by atoms with E-state index in [1.54, 1.807) is 18.1 Å². The first-order valence-corrected chi connectivity index (χ1v) is 9.39. The van der Waals surface area contributed by atoms with Gasteiger partial charge in [0.1, 0.15) is 5.75 Å². The molecule has 5 nitrogen and oxygen atoms in total. The average molecular weight is 428 g/mol. The van der Waals surface area contributed by atoms with Crippen LogP contribution in [0.15, 0.2) is 59.6 Å². The largest absolute Gasteiger partial charge is 0.497 e. The minimum atomic E-state index is -1.35. The van der Waals surface area contributed by atoms with Crippen molar-refractivity contribution in [3.05, 3.63) is 70.7 Å². The second-order valence-corrected chi connectivity index (χ2v) is 7.52. The number of rotatable bonds is 4. The third-order valence-corrected chi connectivity index (χ3v) is 5.67. The van der Waals surface area contributed by atoms with Crippen LogP contribution >= 0.6 is 15.9 Å². The highest BCUT2D eigenvalue weighted by Gasteiger charge is 2.63. The van der Waals surface area contributed by atoms with Crippen LogP contribution in [0.5, 0.6) is 5.75 Å². The highest BCUT2D eigenvalue weighted by molar-refractivity contribution is 9.10. The Bertz CT molecular complexity index is 940. The first-order chi connectivity index (χ1) is 13.0. The van der Waals surface area contributed by atoms with Gasteiger partial charge in [-0.05, 0) is 35.9 Å². The summed E-state index contributed by atoms with van der Waals surface area (Å²) < 4.78 is 11.8. The van der Waals surface area contributed by atoms with Crippen molar-refractivity contribution in [3.63, 3.8) is 0 Å². The molecule has 1 fully saturated rings. The first-order valence-electron chi connectivity index (χ1n) is 8.60. The number of halogens is 1. The molecule has 0 radical (unpaired) electrons. The lowest BCUT2D eigenvalue weighted by molar-refractivity contribution is -0.157. The number of hydrogen-bond donors (Lipinski definition) is 0. The van der Waals surface area contributed by atoms with Crippen LogP contribution in [-0.2, 0) is 19.9 Å². The maximum absolute atomic E-state index is 13.5. The smallest absolute Gasteiger partial charge is 0.308 e. The number of benzene rings is 2. The molecule has 138 valence electrons. The second kappa shape index (κ2) is 6.53. The molecule has 2 atom stereocenters. The lowest BCUT2D eigenvalue weighted by atomic mass is 9.78. The van der Waals surface area contributed by atoms with E-state index in [9.17, 15) is 9.59 Å². The number of methoxy groups -OCH3 is 1. The molecule has 0 aliphatic carbocycles. The fourth-order valence-corrected chi connectivity index (χ4v) is 4.36. The lowest BCUT2D eigenvalue weighted by Gasteiger charge is -2.29. The molecule has 2 aliphatic heterocycles. The number of esters is 1. The van der Waals surface area contributed by atoms with Crippen LogP contribution in [0.3, 0.4) is 0 Å². The van der Waals surface area contributed by atoms with Crippen LogP contribution in [0, 0.1) is 0 Å². The van der Waals surface area contributed by atoms with Gasteiger partial charge in [0.25, 0.3) is 5.91 Å². The Morgan fingerprint density at radius 3 is 2.70 bits per heavy atom. The molecule has 0 unspecified atom stereocenters. The second-order valence-electron chi connectivity index (χ2n) is 6.61. The number of carbonyl (C=O) groups excluding carboxylic acids is 2. The molecule has 2 aromatic rings. The number of hydrogen-bond acceptors (Lipinski definition) is 4. The van der Waals surface area contributed by atoms with Crippen molar-refractivity contribution in [1.29, 1.82) is 0 Å². The van der Waals surface area contributed by atoms with E-state index in [0.29, 0.717) is 17.9 Å². The van der Waals surface area contributed by atoms with Gasteiger partial charge in [-0.25, -0.2) is 0 Å². The standard InChI is InChI=1S/C21H18BrNO4/c1-3-10-23-18-9-6-14(22)11-17(18)21(20(23)25)16(12-19(24)27-21)13-4-7-15(26-2)8-5-13/h3-9,11,16H,1,10,12H2,2H3/t16-,21-/m0/s1. The zero-order chi connectivity index (χ0) is 19.2. The Morgan fingerprint density at radius 2 is 2.04 bits per heavy atom. The van der Waals surface area contributed by atoms with Crippen molar-refractivity contribution in [3.8, 4) is 5.75 Å². The lowest BCUT2D eigenvalue weighted by Crippen LogP contribution is -2.43. The summed E-state index contributed by atoms with van der Waals surface area (Å²) in [7, 11) is 1.60. The van der Waals surface area contributed by atoms with Crippen LogP contribution in [0.25, 0.3) is 0 Å². The Hall–Kier alpha value is -2.60. The zero-order valence-corrected chi connectivity index (χ0v) is 16.4. The van der Waals surface area contributed by atoms with Gasteiger partial charge in [-0.3, -0.25) is 9.59 Å². The number of ether oxygens (including phenoxy) is 2. The van der Waals surface area contributed by atoms with Crippen molar-refractivity contribution in [2.75, 3.05) is 18.6 Å². The van der Waals surface area contributed by atoms with Crippen LogP contribution in [-0.4, -0.2) is 25.5 Å². The number of amides is 1. The van der Waals surface area contributed by atoms with E-state index in [2.05, 4.69) is 22.5 Å². The van der Waals surface area contributed by atoms with Gasteiger partial charge in [0, 0.05) is 22.5 Å². The summed E-state index contributed by atoms with van der Waals surface area (Å²) in [6, 6.07) is 13.0. The highest BCUT2D eigenvalue weighted by Crippen LogP contribution is 2.56. The summed E-state index contributed by atoms with van der Waals surface area (Å²) in [5.74, 6) is -0.309. The molecule has 0 N–H and O–H groups in total. The number of fused-ring (bicyclic) bond motifs is 2. The van der Waals surface area contributed by atoms with Crippen molar-refractivity contribution in [2.24, 2.45) is 0 Å². The van der Waals surface area contributed by atoms with E-state index in [-0.39, 0.29) is 18.3 Å². The molecule has 6 heteroatoms. The van der Waals surface area contributed by atoms with E-state index in [0.717, 1.165) is 15.7 Å². The summed E-state index contributed by atoms with van der Waals surface area (Å²) in [5.41, 5.74) is 0.960. The topological polar surface area (TPSA) is 55.8 Å². The molecule has 1 amide bonds. The van der Waals surface area contributed by atoms with Crippen molar-refractivity contribution >= 4 is 33.5 Å². The maximum atomic E-state index is 13.5. The molecule has 1 saturated heterocycles. The Balaban J connectivity index is 1.90. The fraction of sp³-hybridized carbons (Fsp3) is 0.238. The van der Waals surface area contributed by atoms with Crippen LogP contribution in [0.2, 0.25) is 0 Å². The predicted molar refractivity (Wildman–Crippen MR) is 105 cm³/mol. The number of carbonyl (C=O) groups is 2. The van der Waals surface area contributed by atoms with Gasteiger partial charge >= 0.3 is 5.97 Å². The van der Waals surface area contributed by atoms with Crippen molar-refractivity contribution in [1.82, 2.24) is 0 Å². The summed E-state index contributed by atoms with van der Waals surface area (Å²) in [5, 5.41) is 0. The summed E-state index contributed by atoms with van der Waals surface area (Å²) >= 11 is 3.48. The molecular formula is C21H18BrNO4. The number of nitrogens with zero attached hydrogens (tertiary/aromatic N) is 1. The molecule has 0 bridgehead atoms. The van der Waals surface area contributed by atoms with E-state index in [1.165, 1.54) is 0 Å². The maximum Gasteiger partial charge on any atom is 0.308 e.